The van der Waals surface area contributed by atoms with Crippen LogP contribution in [0.15, 0.2) is 36.4 Å². The Bertz CT molecular complexity index is 1280. The lowest BCUT2D eigenvalue weighted by molar-refractivity contribution is 0.208. The van der Waals surface area contributed by atoms with Crippen molar-refractivity contribution in [1.29, 1.82) is 5.26 Å². The van der Waals surface area contributed by atoms with Gasteiger partial charge in [0.2, 0.25) is 0 Å². The molecule has 2 saturated heterocycles. The van der Waals surface area contributed by atoms with E-state index in [0.29, 0.717) is 5.56 Å². The number of H-pyrrole nitrogens is 2. The standard InChI is InChI=1S/C24H25N7/c25-15-16-3-5-19-21(13-16)28-29-23(19)24-26-20-6-4-18(14-22(20)27-24)31-11-7-17(8-12-31)30-9-1-2-10-30/h3-6,13-14,17H,1-2,7-12H2,(H,26,27)(H,28,29). The minimum absolute atomic E-state index is 0.616. The lowest BCUT2D eigenvalue weighted by Gasteiger charge is -2.37. The van der Waals surface area contributed by atoms with Crippen LogP contribution in [-0.2, 0) is 0 Å². The Labute approximate surface area is 180 Å². The summed E-state index contributed by atoms with van der Waals surface area (Å²) >= 11 is 0. The number of nitriles is 1. The van der Waals surface area contributed by atoms with Gasteiger partial charge in [-0.25, -0.2) is 4.98 Å². The van der Waals surface area contributed by atoms with Gasteiger partial charge in [0.15, 0.2) is 5.82 Å². The number of aromatic amines is 2. The van der Waals surface area contributed by atoms with Crippen LogP contribution in [0.1, 0.15) is 31.2 Å². The van der Waals surface area contributed by atoms with Crippen molar-refractivity contribution >= 4 is 27.6 Å². The highest BCUT2D eigenvalue weighted by Gasteiger charge is 2.26. The van der Waals surface area contributed by atoms with E-state index < -0.39 is 0 Å². The Morgan fingerprint density at radius 3 is 2.61 bits per heavy atom. The van der Waals surface area contributed by atoms with E-state index in [2.05, 4.69) is 49.2 Å². The van der Waals surface area contributed by atoms with E-state index in [4.69, 9.17) is 10.2 Å². The summed E-state index contributed by atoms with van der Waals surface area (Å²) in [5, 5.41) is 17.5. The normalized spacial score (nSPS) is 18.2. The zero-order valence-electron chi connectivity index (χ0n) is 17.4. The molecule has 0 aliphatic carbocycles. The van der Waals surface area contributed by atoms with Crippen molar-refractivity contribution in [1.82, 2.24) is 25.1 Å². The van der Waals surface area contributed by atoms with Gasteiger partial charge in [-0.15, -0.1) is 0 Å². The zero-order chi connectivity index (χ0) is 20.8. The highest BCUT2D eigenvalue weighted by atomic mass is 15.2. The van der Waals surface area contributed by atoms with Crippen molar-refractivity contribution in [2.24, 2.45) is 0 Å². The number of rotatable bonds is 3. The van der Waals surface area contributed by atoms with Crippen LogP contribution in [0.25, 0.3) is 33.5 Å². The molecule has 0 saturated carbocycles. The minimum atomic E-state index is 0.616. The second-order valence-electron chi connectivity index (χ2n) is 8.69. The summed E-state index contributed by atoms with van der Waals surface area (Å²) in [6, 6.07) is 15.0. The first kappa shape index (κ1) is 18.4. The van der Waals surface area contributed by atoms with Crippen molar-refractivity contribution in [2.45, 2.75) is 31.7 Å². The van der Waals surface area contributed by atoms with Gasteiger partial charge in [0.25, 0.3) is 0 Å². The Balaban J connectivity index is 1.25. The molecule has 0 atom stereocenters. The Kier molecular flexibility index (Phi) is 4.39. The van der Waals surface area contributed by atoms with Gasteiger partial charge >= 0.3 is 0 Å². The molecule has 0 spiro atoms. The first-order valence-corrected chi connectivity index (χ1v) is 11.2. The number of anilines is 1. The number of hydrogen-bond donors (Lipinski definition) is 2. The van der Waals surface area contributed by atoms with Crippen molar-refractivity contribution in [3.8, 4) is 17.6 Å². The molecule has 31 heavy (non-hydrogen) atoms. The Morgan fingerprint density at radius 2 is 1.81 bits per heavy atom. The second kappa shape index (κ2) is 7.40. The SMILES string of the molecule is N#Cc1ccc2c(-c3nc4ccc(N5CCC(N6CCCC6)CC5)cc4[nH]3)n[nH]c2c1. The first-order valence-electron chi connectivity index (χ1n) is 11.2. The van der Waals surface area contributed by atoms with Gasteiger partial charge in [0.05, 0.1) is 28.2 Å². The molecule has 156 valence electrons. The van der Waals surface area contributed by atoms with Crippen LogP contribution in [0.5, 0.6) is 0 Å². The van der Waals surface area contributed by atoms with Crippen LogP contribution in [0.4, 0.5) is 5.69 Å². The van der Waals surface area contributed by atoms with Gasteiger partial charge < -0.3 is 14.8 Å². The second-order valence-corrected chi connectivity index (χ2v) is 8.69. The number of fused-ring (bicyclic) bond motifs is 2. The van der Waals surface area contributed by atoms with Gasteiger partial charge in [-0.3, -0.25) is 5.10 Å². The van der Waals surface area contributed by atoms with E-state index in [1.165, 1.54) is 44.5 Å². The van der Waals surface area contributed by atoms with Gasteiger partial charge in [-0.1, -0.05) is 0 Å². The Morgan fingerprint density at radius 1 is 0.968 bits per heavy atom. The van der Waals surface area contributed by atoms with Crippen LogP contribution >= 0.6 is 0 Å². The molecular weight excluding hydrogens is 386 g/mol. The summed E-state index contributed by atoms with van der Waals surface area (Å²) in [6.07, 6.45) is 5.22. The molecule has 0 unspecified atom stereocenters. The molecule has 2 aromatic carbocycles. The quantitative estimate of drug-likeness (QED) is 0.531. The first-order chi connectivity index (χ1) is 15.3. The third-order valence-electron chi connectivity index (χ3n) is 6.87. The number of aromatic nitrogens is 4. The van der Waals surface area contributed by atoms with E-state index in [0.717, 1.165) is 52.6 Å². The molecule has 7 heteroatoms. The number of nitrogens with one attached hydrogen (secondary N) is 2. The van der Waals surface area contributed by atoms with Crippen LogP contribution in [-0.4, -0.2) is 57.3 Å². The maximum atomic E-state index is 9.11. The molecule has 2 aliphatic heterocycles. The number of piperidine rings is 1. The van der Waals surface area contributed by atoms with Crippen molar-refractivity contribution < 1.29 is 0 Å². The fourth-order valence-electron chi connectivity index (χ4n) is 5.17. The number of likely N-dealkylation sites (tertiary alicyclic amines) is 1. The number of nitrogens with zero attached hydrogens (tertiary/aromatic N) is 5. The maximum Gasteiger partial charge on any atom is 0.159 e. The van der Waals surface area contributed by atoms with E-state index >= 15 is 0 Å². The molecule has 0 radical (unpaired) electrons. The predicted molar refractivity (Wildman–Crippen MR) is 122 cm³/mol. The van der Waals surface area contributed by atoms with Gasteiger partial charge in [-0.05, 0) is 75.2 Å². The lowest BCUT2D eigenvalue weighted by Crippen LogP contribution is -2.43. The summed E-state index contributed by atoms with van der Waals surface area (Å²) in [7, 11) is 0. The predicted octanol–water partition coefficient (Wildman–Crippen LogP) is 4.04. The molecule has 0 amide bonds. The molecule has 2 aliphatic rings. The maximum absolute atomic E-state index is 9.11. The summed E-state index contributed by atoms with van der Waals surface area (Å²) in [5.41, 5.74) is 5.47. The van der Waals surface area contributed by atoms with E-state index in [-0.39, 0.29) is 0 Å². The summed E-state index contributed by atoms with van der Waals surface area (Å²) in [5.74, 6) is 0.746. The average molecular weight is 412 g/mol. The summed E-state index contributed by atoms with van der Waals surface area (Å²) in [6.45, 7) is 4.79. The third kappa shape index (κ3) is 3.24. The molecule has 2 N–H and O–H groups in total. The average Bonchev–Trinajstić information content (AvgIpc) is 3.57. The molecule has 7 nitrogen and oxygen atoms in total. The van der Waals surface area contributed by atoms with Crippen LogP contribution in [0, 0.1) is 11.3 Å². The fraction of sp³-hybridized carbons (Fsp3) is 0.375. The molecule has 6 rings (SSSR count). The van der Waals surface area contributed by atoms with Crippen molar-refractivity contribution in [3.05, 3.63) is 42.0 Å². The highest BCUT2D eigenvalue weighted by Crippen LogP contribution is 2.30. The van der Waals surface area contributed by atoms with Crippen LogP contribution < -0.4 is 4.90 Å². The molecule has 2 fully saturated rings. The highest BCUT2D eigenvalue weighted by molar-refractivity contribution is 5.94. The molecular formula is C24H25N7. The van der Waals surface area contributed by atoms with Crippen LogP contribution in [0.3, 0.4) is 0 Å². The molecule has 2 aromatic heterocycles. The van der Waals surface area contributed by atoms with E-state index in [1.54, 1.807) is 0 Å². The minimum Gasteiger partial charge on any atom is -0.371 e. The van der Waals surface area contributed by atoms with E-state index in [9.17, 15) is 0 Å². The van der Waals surface area contributed by atoms with Crippen molar-refractivity contribution in [2.75, 3.05) is 31.1 Å². The number of benzene rings is 2. The van der Waals surface area contributed by atoms with Gasteiger partial charge in [0, 0.05) is 30.2 Å². The fourth-order valence-corrected chi connectivity index (χ4v) is 5.17. The van der Waals surface area contributed by atoms with Gasteiger partial charge in [0.1, 0.15) is 5.69 Å². The zero-order valence-corrected chi connectivity index (χ0v) is 17.4. The summed E-state index contributed by atoms with van der Waals surface area (Å²) in [4.78, 5) is 13.4. The van der Waals surface area contributed by atoms with E-state index in [1.807, 2.05) is 18.2 Å². The number of hydrogen-bond acceptors (Lipinski definition) is 5. The van der Waals surface area contributed by atoms with Crippen molar-refractivity contribution in [3.63, 3.8) is 0 Å². The topological polar surface area (TPSA) is 87.6 Å². The largest absolute Gasteiger partial charge is 0.371 e. The number of imidazole rings is 1. The smallest absolute Gasteiger partial charge is 0.159 e. The molecule has 0 bridgehead atoms. The van der Waals surface area contributed by atoms with Crippen LogP contribution in [0.2, 0.25) is 0 Å². The molecule has 4 heterocycles. The van der Waals surface area contributed by atoms with Gasteiger partial charge in [-0.2, -0.15) is 10.4 Å². The molecule has 4 aromatic rings. The lowest BCUT2D eigenvalue weighted by atomic mass is 10.0. The Hall–Kier alpha value is -3.37. The third-order valence-corrected chi connectivity index (χ3v) is 6.87. The monoisotopic (exact) mass is 411 g/mol. The summed E-state index contributed by atoms with van der Waals surface area (Å²) < 4.78 is 0.